The monoisotopic (exact) mass is 239 g/mol. The van der Waals surface area contributed by atoms with Crippen molar-refractivity contribution in [1.29, 1.82) is 0 Å². The van der Waals surface area contributed by atoms with Crippen LogP contribution in [0.5, 0.6) is 0 Å². The second kappa shape index (κ2) is 5.00. The summed E-state index contributed by atoms with van der Waals surface area (Å²) < 4.78 is 0. The minimum absolute atomic E-state index is 0.430. The average Bonchev–Trinajstić information content (AvgIpc) is 2.33. The lowest BCUT2D eigenvalue weighted by atomic mass is 9.92. The molecule has 16 heavy (non-hydrogen) atoms. The molecule has 1 aliphatic heterocycles. The Hall–Kier alpha value is -0.830. The van der Waals surface area contributed by atoms with E-state index in [1.54, 1.807) is 0 Å². The van der Waals surface area contributed by atoms with Gasteiger partial charge >= 0.3 is 0 Å². The Balaban J connectivity index is 2.15. The molecule has 1 aromatic heterocycles. The van der Waals surface area contributed by atoms with Crippen LogP contribution in [0.25, 0.3) is 0 Å². The van der Waals surface area contributed by atoms with Gasteiger partial charge in [-0.1, -0.05) is 6.92 Å². The van der Waals surface area contributed by atoms with Crippen LogP contribution >= 0.6 is 11.6 Å². The molecule has 1 fully saturated rings. The first-order chi connectivity index (χ1) is 7.72. The lowest BCUT2D eigenvalue weighted by molar-refractivity contribution is 0.361. The van der Waals surface area contributed by atoms with Crippen LogP contribution in [0, 0.1) is 5.92 Å². The molecule has 0 bridgehead atoms. The molecule has 0 N–H and O–H groups in total. The Labute approximate surface area is 102 Å². The third-order valence-corrected chi connectivity index (χ3v) is 3.78. The van der Waals surface area contributed by atoms with Gasteiger partial charge in [-0.2, -0.15) is 5.10 Å². The summed E-state index contributed by atoms with van der Waals surface area (Å²) in [6.07, 6.45) is 2.55. The second-order valence-corrected chi connectivity index (χ2v) is 4.84. The van der Waals surface area contributed by atoms with Crippen molar-refractivity contribution in [1.82, 2.24) is 10.2 Å². The van der Waals surface area contributed by atoms with Crippen molar-refractivity contribution in [2.45, 2.75) is 38.6 Å². The molecular formula is C12H18ClN3. The molecule has 2 rings (SSSR count). The van der Waals surface area contributed by atoms with E-state index >= 15 is 0 Å². The predicted octanol–water partition coefficient (Wildman–Crippen LogP) is 2.84. The number of alkyl halides is 1. The minimum Gasteiger partial charge on any atom is -0.352 e. The summed E-state index contributed by atoms with van der Waals surface area (Å²) in [5.41, 5.74) is 0.836. The molecule has 2 atom stereocenters. The molecule has 0 amide bonds. The van der Waals surface area contributed by atoms with Crippen LogP contribution in [-0.4, -0.2) is 22.8 Å². The van der Waals surface area contributed by atoms with E-state index in [4.69, 9.17) is 11.6 Å². The summed E-state index contributed by atoms with van der Waals surface area (Å²) in [7, 11) is 0. The number of halogens is 1. The quantitative estimate of drug-likeness (QED) is 0.744. The molecule has 2 heterocycles. The molecule has 4 heteroatoms. The predicted molar refractivity (Wildman–Crippen MR) is 66.8 cm³/mol. The van der Waals surface area contributed by atoms with Gasteiger partial charge in [0.2, 0.25) is 0 Å². The van der Waals surface area contributed by atoms with Gasteiger partial charge in [0.25, 0.3) is 0 Å². The zero-order chi connectivity index (χ0) is 11.5. The van der Waals surface area contributed by atoms with Crippen molar-refractivity contribution >= 4 is 17.4 Å². The van der Waals surface area contributed by atoms with Crippen molar-refractivity contribution in [3.8, 4) is 0 Å². The number of rotatable bonds is 2. The van der Waals surface area contributed by atoms with E-state index in [-0.39, 0.29) is 0 Å². The van der Waals surface area contributed by atoms with Gasteiger partial charge in [-0.25, -0.2) is 0 Å². The van der Waals surface area contributed by atoms with Crippen LogP contribution in [0.15, 0.2) is 12.1 Å². The Morgan fingerprint density at radius 2 is 2.19 bits per heavy atom. The van der Waals surface area contributed by atoms with Crippen molar-refractivity contribution in [2.75, 3.05) is 11.4 Å². The van der Waals surface area contributed by atoms with E-state index in [0.29, 0.717) is 11.9 Å². The van der Waals surface area contributed by atoms with Crippen molar-refractivity contribution in [3.63, 3.8) is 0 Å². The number of nitrogens with zero attached hydrogens (tertiary/aromatic N) is 3. The molecule has 1 saturated heterocycles. The van der Waals surface area contributed by atoms with Crippen LogP contribution in [0.4, 0.5) is 5.82 Å². The summed E-state index contributed by atoms with van der Waals surface area (Å²) in [5, 5.41) is 8.36. The molecule has 1 aliphatic rings. The molecule has 0 saturated carbocycles. The van der Waals surface area contributed by atoms with Crippen molar-refractivity contribution in [2.24, 2.45) is 5.92 Å². The Morgan fingerprint density at radius 3 is 2.81 bits per heavy atom. The highest BCUT2D eigenvalue weighted by molar-refractivity contribution is 6.16. The summed E-state index contributed by atoms with van der Waals surface area (Å²) in [6, 6.07) is 4.53. The van der Waals surface area contributed by atoms with Crippen LogP contribution in [0.1, 0.15) is 32.4 Å². The molecule has 0 radical (unpaired) electrons. The van der Waals surface area contributed by atoms with Crippen LogP contribution in [0.2, 0.25) is 0 Å². The van der Waals surface area contributed by atoms with E-state index in [9.17, 15) is 0 Å². The highest BCUT2D eigenvalue weighted by atomic mass is 35.5. The molecule has 0 aliphatic carbocycles. The summed E-state index contributed by atoms with van der Waals surface area (Å²) in [4.78, 5) is 2.35. The van der Waals surface area contributed by atoms with Crippen molar-refractivity contribution < 1.29 is 0 Å². The van der Waals surface area contributed by atoms with Crippen LogP contribution in [-0.2, 0) is 5.88 Å². The van der Waals surface area contributed by atoms with E-state index < -0.39 is 0 Å². The fourth-order valence-corrected chi connectivity index (χ4v) is 2.38. The second-order valence-electron chi connectivity index (χ2n) is 4.57. The lowest BCUT2D eigenvalue weighted by Crippen LogP contribution is -2.43. The molecule has 2 unspecified atom stereocenters. The van der Waals surface area contributed by atoms with Crippen LogP contribution in [0.3, 0.4) is 0 Å². The first-order valence-corrected chi connectivity index (χ1v) is 6.41. The fraction of sp³-hybridized carbons (Fsp3) is 0.667. The zero-order valence-corrected chi connectivity index (χ0v) is 10.6. The van der Waals surface area contributed by atoms with Gasteiger partial charge in [0.1, 0.15) is 0 Å². The maximum atomic E-state index is 5.70. The zero-order valence-electron chi connectivity index (χ0n) is 9.86. The van der Waals surface area contributed by atoms with Gasteiger partial charge in [-0.3, -0.25) is 0 Å². The van der Waals surface area contributed by atoms with Crippen LogP contribution < -0.4 is 4.90 Å². The highest BCUT2D eigenvalue weighted by Gasteiger charge is 2.25. The van der Waals surface area contributed by atoms with Crippen molar-refractivity contribution in [3.05, 3.63) is 17.8 Å². The minimum atomic E-state index is 0.430. The Morgan fingerprint density at radius 1 is 1.38 bits per heavy atom. The number of piperidine rings is 1. The van der Waals surface area contributed by atoms with Gasteiger partial charge in [0.05, 0.1) is 11.6 Å². The first kappa shape index (κ1) is 11.6. The largest absolute Gasteiger partial charge is 0.352 e. The van der Waals surface area contributed by atoms with Gasteiger partial charge < -0.3 is 4.90 Å². The van der Waals surface area contributed by atoms with Gasteiger partial charge in [0.15, 0.2) is 5.82 Å². The summed E-state index contributed by atoms with van der Waals surface area (Å²) >= 11 is 5.70. The average molecular weight is 240 g/mol. The van der Waals surface area contributed by atoms with Gasteiger partial charge in [-0.05, 0) is 37.8 Å². The fourth-order valence-electron chi connectivity index (χ4n) is 2.24. The highest BCUT2D eigenvalue weighted by Crippen LogP contribution is 2.26. The lowest BCUT2D eigenvalue weighted by Gasteiger charge is -2.38. The first-order valence-electron chi connectivity index (χ1n) is 5.87. The third kappa shape index (κ3) is 2.29. The molecule has 0 spiro atoms. The smallest absolute Gasteiger partial charge is 0.151 e. The Kier molecular flexibility index (Phi) is 3.64. The maximum absolute atomic E-state index is 5.70. The Bertz CT molecular complexity index is 339. The number of hydrogen-bond acceptors (Lipinski definition) is 3. The molecule has 0 aromatic carbocycles. The topological polar surface area (TPSA) is 29.0 Å². The number of hydrogen-bond donors (Lipinski definition) is 0. The van der Waals surface area contributed by atoms with Gasteiger partial charge in [0, 0.05) is 12.6 Å². The summed E-state index contributed by atoms with van der Waals surface area (Å²) in [5.74, 6) is 2.13. The number of aromatic nitrogens is 2. The van der Waals surface area contributed by atoms with Gasteiger partial charge in [-0.15, -0.1) is 16.7 Å². The SMILES string of the molecule is CC1CCCN(c2ccc(CCl)nn2)C1C. The van der Waals surface area contributed by atoms with E-state index in [1.807, 2.05) is 12.1 Å². The molecule has 3 nitrogen and oxygen atoms in total. The number of anilines is 1. The third-order valence-electron chi connectivity index (χ3n) is 3.51. The summed E-state index contributed by atoms with van der Waals surface area (Å²) in [6.45, 7) is 5.65. The standard InChI is InChI=1S/C12H18ClN3/c1-9-4-3-7-16(10(9)2)12-6-5-11(8-13)14-15-12/h5-6,9-10H,3-4,7-8H2,1-2H3. The molecular weight excluding hydrogens is 222 g/mol. The van der Waals surface area contributed by atoms with E-state index in [1.165, 1.54) is 12.8 Å². The molecule has 1 aromatic rings. The normalized spacial score (nSPS) is 25.8. The maximum Gasteiger partial charge on any atom is 0.151 e. The molecule has 88 valence electrons. The van der Waals surface area contributed by atoms with E-state index in [0.717, 1.165) is 24.0 Å². The van der Waals surface area contributed by atoms with E-state index in [2.05, 4.69) is 28.9 Å².